The van der Waals surface area contributed by atoms with Crippen LogP contribution in [0.15, 0.2) is 0 Å². The molecule has 10 heavy (non-hydrogen) atoms. The van der Waals surface area contributed by atoms with E-state index in [2.05, 4.69) is 11.6 Å². The van der Waals surface area contributed by atoms with Gasteiger partial charge in [-0.05, 0) is 13.8 Å². The Balaban J connectivity index is 3.70. The third kappa shape index (κ3) is 4.72. The van der Waals surface area contributed by atoms with Crippen molar-refractivity contribution in [2.75, 3.05) is 12.3 Å². The molecule has 5 heteroatoms. The van der Waals surface area contributed by atoms with Crippen molar-refractivity contribution in [3.8, 4) is 0 Å². The molecule has 0 heterocycles. The van der Waals surface area contributed by atoms with E-state index in [1.54, 1.807) is 0 Å². The summed E-state index contributed by atoms with van der Waals surface area (Å²) in [6.45, 7) is 4.71. The lowest BCUT2D eigenvalue weighted by Crippen LogP contribution is -2.31. The van der Waals surface area contributed by atoms with Crippen LogP contribution in [0.25, 0.3) is 0 Å². The van der Waals surface area contributed by atoms with Gasteiger partial charge >= 0.3 is 0 Å². The Kier molecular flexibility index (Phi) is 3.85. The van der Waals surface area contributed by atoms with Gasteiger partial charge in [-0.2, -0.15) is 0 Å². The summed E-state index contributed by atoms with van der Waals surface area (Å²) in [5.74, 6) is 0.0275. The van der Waals surface area contributed by atoms with Crippen molar-refractivity contribution in [3.05, 3.63) is 6.92 Å². The highest BCUT2D eigenvalue weighted by Gasteiger charge is 2.06. The summed E-state index contributed by atoms with van der Waals surface area (Å²) in [6, 6.07) is 0. The van der Waals surface area contributed by atoms with Crippen LogP contribution in [0.5, 0.6) is 0 Å². The van der Waals surface area contributed by atoms with Gasteiger partial charge in [0.25, 0.3) is 0 Å². The van der Waals surface area contributed by atoms with Crippen LogP contribution >= 0.6 is 0 Å². The lowest BCUT2D eigenvalue weighted by atomic mass is 10.4. The number of sulfonamides is 1. The van der Waals surface area contributed by atoms with Gasteiger partial charge in [-0.15, -0.1) is 0 Å². The number of hydrogen-bond acceptors (Lipinski definition) is 3. The Labute approximate surface area is 61.3 Å². The van der Waals surface area contributed by atoms with Crippen molar-refractivity contribution in [3.63, 3.8) is 0 Å². The van der Waals surface area contributed by atoms with Crippen LogP contribution in [0.4, 0.5) is 0 Å². The Hall–Kier alpha value is -0.130. The first-order valence-corrected chi connectivity index (χ1v) is 4.61. The predicted molar refractivity (Wildman–Crippen MR) is 38.8 cm³/mol. The number of nitrogens with one attached hydrogen (secondary N) is 1. The molecular formula is C5H12NO3S. The molecule has 1 radical (unpaired) electrons. The summed E-state index contributed by atoms with van der Waals surface area (Å²) >= 11 is 0. The molecule has 61 valence electrons. The maximum Gasteiger partial charge on any atom is 0.211 e. The quantitative estimate of drug-likeness (QED) is 0.570. The summed E-state index contributed by atoms with van der Waals surface area (Å²) < 4.78 is 23.5. The average Bonchev–Trinajstić information content (AvgIpc) is 1.85. The molecule has 0 aliphatic carbocycles. The topological polar surface area (TPSA) is 66.4 Å². The van der Waals surface area contributed by atoms with Crippen molar-refractivity contribution in [2.45, 2.75) is 13.0 Å². The van der Waals surface area contributed by atoms with Crippen LogP contribution in [0.1, 0.15) is 6.92 Å². The maximum absolute atomic E-state index is 10.7. The molecule has 0 aromatic rings. The lowest BCUT2D eigenvalue weighted by Gasteiger charge is -2.04. The fourth-order valence-electron chi connectivity index (χ4n) is 0.325. The highest BCUT2D eigenvalue weighted by atomic mass is 32.2. The maximum atomic E-state index is 10.7. The monoisotopic (exact) mass is 166 g/mol. The van der Waals surface area contributed by atoms with Crippen LogP contribution in [-0.2, 0) is 10.0 Å². The van der Waals surface area contributed by atoms with Gasteiger partial charge in [0.2, 0.25) is 10.0 Å². The molecule has 1 unspecified atom stereocenters. The molecule has 4 nitrogen and oxygen atoms in total. The molecule has 0 rings (SSSR count). The third-order valence-corrected chi connectivity index (χ3v) is 2.29. The van der Waals surface area contributed by atoms with E-state index in [1.807, 2.05) is 0 Å². The fraction of sp³-hybridized carbons (Fsp3) is 0.800. The molecule has 2 N–H and O–H groups in total. The zero-order chi connectivity index (χ0) is 8.20. The van der Waals surface area contributed by atoms with Gasteiger partial charge in [-0.25, -0.2) is 13.1 Å². The van der Waals surface area contributed by atoms with Gasteiger partial charge in [0, 0.05) is 6.54 Å². The van der Waals surface area contributed by atoms with Gasteiger partial charge in [0.1, 0.15) is 0 Å². The summed E-state index contributed by atoms with van der Waals surface area (Å²) in [4.78, 5) is 0. The molecule has 0 fully saturated rings. The first-order valence-electron chi connectivity index (χ1n) is 2.96. The smallest absolute Gasteiger partial charge is 0.211 e. The molecular weight excluding hydrogens is 154 g/mol. The van der Waals surface area contributed by atoms with E-state index in [0.717, 1.165) is 0 Å². The molecule has 0 saturated carbocycles. The van der Waals surface area contributed by atoms with E-state index in [9.17, 15) is 8.42 Å². The van der Waals surface area contributed by atoms with Crippen molar-refractivity contribution < 1.29 is 13.5 Å². The largest absolute Gasteiger partial charge is 0.392 e. The van der Waals surface area contributed by atoms with Crippen LogP contribution < -0.4 is 4.72 Å². The summed E-state index contributed by atoms with van der Waals surface area (Å²) in [5.41, 5.74) is 0. The predicted octanol–water partition coefficient (Wildman–Crippen LogP) is -0.879. The summed E-state index contributed by atoms with van der Waals surface area (Å²) in [5, 5.41) is 8.57. The Morgan fingerprint density at radius 2 is 2.20 bits per heavy atom. The first kappa shape index (κ1) is 9.87. The molecule has 0 aromatic heterocycles. The minimum Gasteiger partial charge on any atom is -0.392 e. The van der Waals surface area contributed by atoms with Crippen molar-refractivity contribution >= 4 is 10.0 Å². The van der Waals surface area contributed by atoms with Crippen LogP contribution in [-0.4, -0.2) is 31.9 Å². The summed E-state index contributed by atoms with van der Waals surface area (Å²) in [6.07, 6.45) is -0.874. The lowest BCUT2D eigenvalue weighted by molar-refractivity contribution is 0.224. The van der Waals surface area contributed by atoms with Crippen LogP contribution in [0.2, 0.25) is 0 Å². The van der Waals surface area contributed by atoms with Gasteiger partial charge in [-0.3, -0.25) is 0 Å². The number of aliphatic hydroxyl groups excluding tert-OH is 1. The van der Waals surface area contributed by atoms with Gasteiger partial charge < -0.3 is 5.11 Å². The molecule has 0 spiro atoms. The molecule has 0 saturated heterocycles. The second-order valence-electron chi connectivity index (χ2n) is 1.91. The van der Waals surface area contributed by atoms with E-state index >= 15 is 0 Å². The second-order valence-corrected chi connectivity index (χ2v) is 4.00. The highest BCUT2D eigenvalue weighted by Crippen LogP contribution is 1.82. The summed E-state index contributed by atoms with van der Waals surface area (Å²) in [7, 11) is -3.16. The van der Waals surface area contributed by atoms with E-state index in [1.165, 1.54) is 6.92 Å². The zero-order valence-electron chi connectivity index (χ0n) is 5.87. The average molecular weight is 166 g/mol. The van der Waals surface area contributed by atoms with Crippen molar-refractivity contribution in [1.82, 2.24) is 4.72 Å². The van der Waals surface area contributed by atoms with E-state index in [-0.39, 0.29) is 12.3 Å². The first-order chi connectivity index (χ1) is 4.48. The molecule has 0 aromatic carbocycles. The molecule has 0 bridgehead atoms. The number of rotatable bonds is 4. The Bertz CT molecular complexity index is 173. The Morgan fingerprint density at radius 1 is 1.70 bits per heavy atom. The third-order valence-electron chi connectivity index (χ3n) is 0.919. The number of hydrogen-bond donors (Lipinski definition) is 2. The van der Waals surface area contributed by atoms with E-state index < -0.39 is 16.1 Å². The van der Waals surface area contributed by atoms with Gasteiger partial charge in [0.05, 0.1) is 11.9 Å². The molecule has 1 atom stereocenters. The van der Waals surface area contributed by atoms with Crippen molar-refractivity contribution in [1.29, 1.82) is 0 Å². The van der Waals surface area contributed by atoms with Crippen LogP contribution in [0, 0.1) is 6.92 Å². The minimum absolute atomic E-state index is 0.0177. The normalized spacial score (nSPS) is 15.1. The zero-order valence-corrected chi connectivity index (χ0v) is 6.69. The minimum atomic E-state index is -3.16. The number of aliphatic hydroxyl groups is 1. The standard InChI is InChI=1S/C5H12NO3S/c1-3-10(8,9)6-4-5(2)7/h5-7H,2-4H2,1H3. The van der Waals surface area contributed by atoms with E-state index in [0.29, 0.717) is 0 Å². The van der Waals surface area contributed by atoms with Crippen molar-refractivity contribution in [2.24, 2.45) is 0 Å². The second kappa shape index (κ2) is 3.90. The molecule has 0 amide bonds. The van der Waals surface area contributed by atoms with Gasteiger partial charge in [0.15, 0.2) is 0 Å². The highest BCUT2D eigenvalue weighted by molar-refractivity contribution is 7.89. The SMILES string of the molecule is [CH2]C(O)CNS(=O)(=O)CC. The van der Waals surface area contributed by atoms with E-state index in [4.69, 9.17) is 5.11 Å². The molecule has 0 aliphatic rings. The molecule has 0 aliphatic heterocycles. The van der Waals surface area contributed by atoms with Gasteiger partial charge in [-0.1, -0.05) is 0 Å². The fourth-order valence-corrected chi connectivity index (χ4v) is 0.976. The Morgan fingerprint density at radius 3 is 2.50 bits per heavy atom. The van der Waals surface area contributed by atoms with Crippen LogP contribution in [0.3, 0.4) is 0 Å².